The fourth-order valence-electron chi connectivity index (χ4n) is 1.80. The largest absolute Gasteiger partial charge is 0.491 e. The molecular weight excluding hydrogens is 296 g/mol. The molecule has 0 bridgehead atoms. The van der Waals surface area contributed by atoms with Crippen LogP contribution in [0, 0.1) is 11.3 Å². The van der Waals surface area contributed by atoms with E-state index in [1.54, 1.807) is 6.07 Å². The lowest BCUT2D eigenvalue weighted by atomic mass is 10.0. The van der Waals surface area contributed by atoms with Crippen molar-refractivity contribution >= 4 is 23.8 Å². The van der Waals surface area contributed by atoms with Gasteiger partial charge in [-0.2, -0.15) is 5.26 Å². The van der Waals surface area contributed by atoms with Gasteiger partial charge >= 0.3 is 6.09 Å². The van der Waals surface area contributed by atoms with Crippen LogP contribution >= 0.6 is 11.6 Å². The molecule has 0 heterocycles. The molecule has 0 aromatic heterocycles. The molecule has 0 saturated heterocycles. The quantitative estimate of drug-likeness (QED) is 0.669. The molecule has 3 N–H and O–H groups in total. The van der Waals surface area contributed by atoms with E-state index < -0.39 is 6.09 Å². The highest BCUT2D eigenvalue weighted by Gasteiger charge is 2.16. The molecule has 7 heteroatoms. The first-order valence-electron chi connectivity index (χ1n) is 6.13. The Morgan fingerprint density at radius 2 is 2.33 bits per heavy atom. The predicted octanol–water partition coefficient (Wildman–Crippen LogP) is 2.04. The standard InChI is InChI=1S/C14H15ClN2O4/c1-2-10-11(8-16)12(15)7-9(3-5-18)13(10)21-6-4-17-14(19)20/h2,7,17-18H,1,3-6H2,(H,19,20). The lowest BCUT2D eigenvalue weighted by molar-refractivity contribution is 0.191. The third kappa shape index (κ3) is 4.38. The summed E-state index contributed by atoms with van der Waals surface area (Å²) in [5, 5.41) is 29.2. The van der Waals surface area contributed by atoms with Crippen LogP contribution in [0.5, 0.6) is 5.75 Å². The van der Waals surface area contributed by atoms with Crippen LogP contribution in [0.15, 0.2) is 12.6 Å². The highest BCUT2D eigenvalue weighted by Crippen LogP contribution is 2.34. The monoisotopic (exact) mass is 310 g/mol. The van der Waals surface area contributed by atoms with Gasteiger partial charge < -0.3 is 20.3 Å². The number of aliphatic hydroxyl groups excluding tert-OH is 1. The summed E-state index contributed by atoms with van der Waals surface area (Å²) >= 11 is 6.03. The Kier molecular flexibility index (Phi) is 6.53. The van der Waals surface area contributed by atoms with Crippen LogP contribution in [0.3, 0.4) is 0 Å². The van der Waals surface area contributed by atoms with Crippen molar-refractivity contribution in [2.45, 2.75) is 6.42 Å². The summed E-state index contributed by atoms with van der Waals surface area (Å²) in [6.07, 6.45) is 0.603. The molecule has 0 aliphatic carbocycles. The lowest BCUT2D eigenvalue weighted by Gasteiger charge is -2.16. The fourth-order valence-corrected chi connectivity index (χ4v) is 2.08. The third-order valence-electron chi connectivity index (χ3n) is 2.67. The van der Waals surface area contributed by atoms with Crippen LogP contribution in [-0.2, 0) is 6.42 Å². The minimum atomic E-state index is -1.15. The Morgan fingerprint density at radius 3 is 2.86 bits per heavy atom. The first-order valence-corrected chi connectivity index (χ1v) is 6.51. The van der Waals surface area contributed by atoms with Gasteiger partial charge in [-0.1, -0.05) is 24.3 Å². The van der Waals surface area contributed by atoms with Crippen LogP contribution in [0.4, 0.5) is 4.79 Å². The summed E-state index contributed by atoms with van der Waals surface area (Å²) in [7, 11) is 0. The topological polar surface area (TPSA) is 103 Å². The first kappa shape index (κ1) is 16.8. The summed E-state index contributed by atoms with van der Waals surface area (Å²) in [4.78, 5) is 10.4. The maximum atomic E-state index is 10.4. The number of rotatable bonds is 7. The molecule has 0 unspecified atom stereocenters. The third-order valence-corrected chi connectivity index (χ3v) is 2.97. The van der Waals surface area contributed by atoms with Crippen molar-refractivity contribution in [1.82, 2.24) is 5.32 Å². The minimum absolute atomic E-state index is 0.0814. The van der Waals surface area contributed by atoms with Gasteiger partial charge in [0.2, 0.25) is 0 Å². The van der Waals surface area contributed by atoms with Crippen LogP contribution in [0.2, 0.25) is 5.02 Å². The van der Waals surface area contributed by atoms with Gasteiger partial charge in [-0.15, -0.1) is 0 Å². The van der Waals surface area contributed by atoms with Crippen LogP contribution < -0.4 is 10.1 Å². The fraction of sp³-hybridized carbons (Fsp3) is 0.286. The van der Waals surface area contributed by atoms with Gasteiger partial charge in [-0.3, -0.25) is 0 Å². The maximum absolute atomic E-state index is 10.4. The second kappa shape index (κ2) is 8.15. The zero-order valence-corrected chi connectivity index (χ0v) is 12.0. The van der Waals surface area contributed by atoms with Crippen molar-refractivity contribution in [2.24, 2.45) is 0 Å². The number of carbonyl (C=O) groups is 1. The minimum Gasteiger partial charge on any atom is -0.491 e. The molecule has 1 aromatic carbocycles. The molecule has 0 atom stereocenters. The van der Waals surface area contributed by atoms with Crippen molar-refractivity contribution in [3.05, 3.63) is 34.4 Å². The van der Waals surface area contributed by atoms with E-state index in [0.29, 0.717) is 23.3 Å². The van der Waals surface area contributed by atoms with E-state index in [-0.39, 0.29) is 30.3 Å². The highest BCUT2D eigenvalue weighted by atomic mass is 35.5. The zero-order valence-electron chi connectivity index (χ0n) is 11.2. The number of nitrogens with zero attached hydrogens (tertiary/aromatic N) is 1. The molecule has 112 valence electrons. The number of aliphatic hydroxyl groups is 1. The number of ether oxygens (including phenoxy) is 1. The number of halogens is 1. The molecule has 6 nitrogen and oxygen atoms in total. The van der Waals surface area contributed by atoms with E-state index in [4.69, 9.17) is 31.8 Å². The Bertz CT molecular complexity index is 581. The molecule has 0 aliphatic rings. The molecule has 0 saturated carbocycles. The molecule has 0 radical (unpaired) electrons. The average molecular weight is 311 g/mol. The highest BCUT2D eigenvalue weighted by molar-refractivity contribution is 6.32. The van der Waals surface area contributed by atoms with Crippen LogP contribution in [0.25, 0.3) is 6.08 Å². The van der Waals surface area contributed by atoms with Gasteiger partial charge in [0.15, 0.2) is 0 Å². The number of carboxylic acid groups (broad SMARTS) is 1. The summed E-state index contributed by atoms with van der Waals surface area (Å²) in [6.45, 7) is 3.70. The molecule has 1 amide bonds. The van der Waals surface area contributed by atoms with E-state index >= 15 is 0 Å². The normalized spacial score (nSPS) is 9.76. The SMILES string of the molecule is C=Cc1c(C#N)c(Cl)cc(CCO)c1OCCNC(=O)O. The van der Waals surface area contributed by atoms with Gasteiger partial charge in [0.05, 0.1) is 17.1 Å². The first-order chi connectivity index (χ1) is 10.0. The van der Waals surface area contributed by atoms with Crippen molar-refractivity contribution < 1.29 is 19.7 Å². The summed E-state index contributed by atoms with van der Waals surface area (Å²) in [5.74, 6) is 0.382. The molecule has 21 heavy (non-hydrogen) atoms. The molecular formula is C14H15ClN2O4. The average Bonchev–Trinajstić information content (AvgIpc) is 2.44. The van der Waals surface area contributed by atoms with Gasteiger partial charge in [-0.05, 0) is 18.1 Å². The van der Waals surface area contributed by atoms with E-state index in [1.165, 1.54) is 6.08 Å². The van der Waals surface area contributed by atoms with E-state index in [1.807, 2.05) is 6.07 Å². The van der Waals surface area contributed by atoms with Crippen LogP contribution in [0.1, 0.15) is 16.7 Å². The smallest absolute Gasteiger partial charge is 0.404 e. The number of nitriles is 1. The van der Waals surface area contributed by atoms with Gasteiger partial charge in [-0.25, -0.2) is 4.79 Å². The predicted molar refractivity (Wildman–Crippen MR) is 78.6 cm³/mol. The Labute approximate surface area is 127 Å². The van der Waals surface area contributed by atoms with Crippen molar-refractivity contribution in [1.29, 1.82) is 5.26 Å². The second-order valence-electron chi connectivity index (χ2n) is 4.01. The van der Waals surface area contributed by atoms with Crippen molar-refractivity contribution in [2.75, 3.05) is 19.8 Å². The second-order valence-corrected chi connectivity index (χ2v) is 4.41. The van der Waals surface area contributed by atoms with Gasteiger partial charge in [0.1, 0.15) is 18.4 Å². The number of hydrogen-bond donors (Lipinski definition) is 3. The zero-order chi connectivity index (χ0) is 15.8. The molecule has 0 fully saturated rings. The Hall–Kier alpha value is -2.23. The summed E-state index contributed by atoms with van der Waals surface area (Å²) < 4.78 is 5.54. The van der Waals surface area contributed by atoms with Crippen molar-refractivity contribution in [3.63, 3.8) is 0 Å². The lowest BCUT2D eigenvalue weighted by Crippen LogP contribution is -2.26. The van der Waals surface area contributed by atoms with E-state index in [0.717, 1.165) is 0 Å². The Morgan fingerprint density at radius 1 is 1.62 bits per heavy atom. The Balaban J connectivity index is 3.10. The molecule has 0 aliphatic heterocycles. The van der Waals surface area contributed by atoms with E-state index in [2.05, 4.69) is 11.9 Å². The summed E-state index contributed by atoms with van der Waals surface area (Å²) in [5.41, 5.74) is 1.30. The maximum Gasteiger partial charge on any atom is 0.404 e. The number of nitrogens with one attached hydrogen (secondary N) is 1. The number of benzene rings is 1. The molecule has 1 aromatic rings. The number of amides is 1. The van der Waals surface area contributed by atoms with Crippen molar-refractivity contribution in [3.8, 4) is 11.8 Å². The molecule has 0 spiro atoms. The van der Waals surface area contributed by atoms with Gasteiger partial charge in [0.25, 0.3) is 0 Å². The number of hydrogen-bond acceptors (Lipinski definition) is 4. The van der Waals surface area contributed by atoms with Crippen LogP contribution in [-0.4, -0.2) is 36.1 Å². The van der Waals surface area contributed by atoms with E-state index in [9.17, 15) is 4.79 Å². The molecule has 1 rings (SSSR count). The van der Waals surface area contributed by atoms with Gasteiger partial charge in [0, 0.05) is 12.2 Å². The summed E-state index contributed by atoms with van der Waals surface area (Å²) in [6, 6.07) is 3.54.